The van der Waals surface area contributed by atoms with Crippen LogP contribution in [-0.2, 0) is 21.3 Å². The van der Waals surface area contributed by atoms with E-state index in [0.29, 0.717) is 37.1 Å². The number of nitrogens with one attached hydrogen (secondary N) is 2. The van der Waals surface area contributed by atoms with Gasteiger partial charge >= 0.3 is 0 Å². The molecule has 2 rings (SSSR count). The number of aliphatic imine (C=N–C) groups is 1. The quantitative estimate of drug-likeness (QED) is 0.373. The number of guanidine groups is 1. The van der Waals surface area contributed by atoms with Crippen LogP contribution in [0.4, 0.5) is 0 Å². The van der Waals surface area contributed by atoms with Gasteiger partial charge in [-0.2, -0.15) is 4.31 Å². The standard InChI is InChI=1S/C18H31N5O3S/c1-19-18(20-9-6-14-26-3)21-15-16-7-4-5-8-17(16)27(24,25)23-12-10-22(2)11-13-23/h4-5,7-8H,6,9-15H2,1-3H3,(H2,19,20,21). The molecule has 1 heterocycles. The SMILES string of the molecule is CN=C(NCCCOC)NCc1ccccc1S(=O)(=O)N1CCN(C)CC1. The van der Waals surface area contributed by atoms with Gasteiger partial charge in [0, 0.05) is 60.0 Å². The number of nitrogens with zero attached hydrogens (tertiary/aromatic N) is 3. The van der Waals surface area contributed by atoms with Gasteiger partial charge in [0.25, 0.3) is 0 Å². The average Bonchev–Trinajstić information content (AvgIpc) is 2.68. The molecule has 0 amide bonds. The van der Waals surface area contributed by atoms with E-state index in [9.17, 15) is 8.42 Å². The summed E-state index contributed by atoms with van der Waals surface area (Å²) in [6.45, 7) is 4.32. The van der Waals surface area contributed by atoms with Crippen molar-refractivity contribution in [3.8, 4) is 0 Å². The van der Waals surface area contributed by atoms with Crippen LogP contribution in [0.1, 0.15) is 12.0 Å². The maximum atomic E-state index is 13.1. The Kier molecular flexibility index (Phi) is 8.49. The third kappa shape index (κ3) is 6.17. The number of likely N-dealkylation sites (N-methyl/N-ethyl adjacent to an activating group) is 1. The number of rotatable bonds is 8. The highest BCUT2D eigenvalue weighted by molar-refractivity contribution is 7.89. The molecule has 1 aliphatic heterocycles. The van der Waals surface area contributed by atoms with Gasteiger partial charge in [-0.05, 0) is 25.1 Å². The Morgan fingerprint density at radius 2 is 1.89 bits per heavy atom. The van der Waals surface area contributed by atoms with Gasteiger partial charge in [0.1, 0.15) is 0 Å². The molecule has 1 fully saturated rings. The van der Waals surface area contributed by atoms with Crippen LogP contribution in [0.25, 0.3) is 0 Å². The molecule has 0 radical (unpaired) electrons. The molecule has 27 heavy (non-hydrogen) atoms. The van der Waals surface area contributed by atoms with Crippen molar-refractivity contribution in [3.63, 3.8) is 0 Å². The molecule has 0 aliphatic carbocycles. The van der Waals surface area contributed by atoms with Gasteiger partial charge in [0.2, 0.25) is 10.0 Å². The van der Waals surface area contributed by atoms with Crippen molar-refractivity contribution in [2.24, 2.45) is 4.99 Å². The fraction of sp³-hybridized carbons (Fsp3) is 0.611. The molecule has 8 nitrogen and oxygen atoms in total. The number of hydrogen-bond acceptors (Lipinski definition) is 5. The van der Waals surface area contributed by atoms with Crippen LogP contribution in [0, 0.1) is 0 Å². The minimum atomic E-state index is -3.51. The third-order valence-electron chi connectivity index (χ3n) is 4.54. The Labute approximate surface area is 162 Å². The summed E-state index contributed by atoms with van der Waals surface area (Å²) >= 11 is 0. The molecule has 152 valence electrons. The second-order valence-corrected chi connectivity index (χ2v) is 8.42. The lowest BCUT2D eigenvalue weighted by Gasteiger charge is -2.32. The van der Waals surface area contributed by atoms with E-state index in [2.05, 4.69) is 20.5 Å². The zero-order valence-corrected chi connectivity index (χ0v) is 17.3. The van der Waals surface area contributed by atoms with Crippen molar-refractivity contribution in [1.82, 2.24) is 19.8 Å². The van der Waals surface area contributed by atoms with Crippen LogP contribution in [0.3, 0.4) is 0 Å². The molecule has 0 spiro atoms. The second-order valence-electron chi connectivity index (χ2n) is 6.51. The molecule has 1 saturated heterocycles. The van der Waals surface area contributed by atoms with E-state index in [4.69, 9.17) is 4.74 Å². The summed E-state index contributed by atoms with van der Waals surface area (Å²) in [6, 6.07) is 7.15. The van der Waals surface area contributed by atoms with Gasteiger partial charge in [0.05, 0.1) is 4.90 Å². The van der Waals surface area contributed by atoms with E-state index in [0.717, 1.165) is 31.6 Å². The van der Waals surface area contributed by atoms with Crippen LogP contribution in [-0.4, -0.2) is 84.1 Å². The molecule has 0 aromatic heterocycles. The average molecular weight is 398 g/mol. The highest BCUT2D eigenvalue weighted by atomic mass is 32.2. The molecular weight excluding hydrogens is 366 g/mol. The smallest absolute Gasteiger partial charge is 0.243 e. The fourth-order valence-corrected chi connectivity index (χ4v) is 4.54. The lowest BCUT2D eigenvalue weighted by molar-refractivity contribution is 0.195. The first kappa shape index (κ1) is 21.6. The van der Waals surface area contributed by atoms with Crippen LogP contribution in [0.15, 0.2) is 34.2 Å². The van der Waals surface area contributed by atoms with Gasteiger partial charge in [0.15, 0.2) is 5.96 Å². The predicted molar refractivity (Wildman–Crippen MR) is 107 cm³/mol. The van der Waals surface area contributed by atoms with Crippen LogP contribution in [0.5, 0.6) is 0 Å². The van der Waals surface area contributed by atoms with Crippen molar-refractivity contribution in [2.45, 2.75) is 17.9 Å². The predicted octanol–water partition coefficient (Wildman–Crippen LogP) is 0.324. The monoisotopic (exact) mass is 397 g/mol. The Balaban J connectivity index is 2.04. The van der Waals surface area contributed by atoms with Gasteiger partial charge in [-0.3, -0.25) is 4.99 Å². The van der Waals surface area contributed by atoms with Crippen LogP contribution >= 0.6 is 0 Å². The third-order valence-corrected chi connectivity index (χ3v) is 6.54. The normalized spacial score (nSPS) is 17.1. The largest absolute Gasteiger partial charge is 0.385 e. The summed E-state index contributed by atoms with van der Waals surface area (Å²) in [5, 5.41) is 6.39. The Morgan fingerprint density at radius 1 is 1.19 bits per heavy atom. The summed E-state index contributed by atoms with van der Waals surface area (Å²) in [6.07, 6.45) is 0.867. The molecule has 2 N–H and O–H groups in total. The number of piperazine rings is 1. The summed E-state index contributed by atoms with van der Waals surface area (Å²) in [7, 11) is 1.87. The maximum absolute atomic E-state index is 13.1. The van der Waals surface area contributed by atoms with Gasteiger partial charge < -0.3 is 20.3 Å². The molecule has 1 aromatic rings. The Bertz CT molecular complexity index is 715. The van der Waals surface area contributed by atoms with E-state index in [1.807, 2.05) is 19.2 Å². The Morgan fingerprint density at radius 3 is 2.56 bits per heavy atom. The second kappa shape index (κ2) is 10.6. The first-order chi connectivity index (χ1) is 13.0. The maximum Gasteiger partial charge on any atom is 0.243 e. The summed E-state index contributed by atoms with van der Waals surface area (Å²) in [4.78, 5) is 6.67. The van der Waals surface area contributed by atoms with Crippen molar-refractivity contribution in [1.29, 1.82) is 0 Å². The van der Waals surface area contributed by atoms with Crippen molar-refractivity contribution in [3.05, 3.63) is 29.8 Å². The van der Waals surface area contributed by atoms with Gasteiger partial charge in [-0.1, -0.05) is 18.2 Å². The topological polar surface area (TPSA) is 86.3 Å². The van der Waals surface area contributed by atoms with E-state index in [-0.39, 0.29) is 0 Å². The summed E-state index contributed by atoms with van der Waals surface area (Å²) in [5.74, 6) is 0.637. The van der Waals surface area contributed by atoms with Crippen LogP contribution in [0.2, 0.25) is 0 Å². The number of methoxy groups -OCH3 is 1. The number of hydrogen-bond donors (Lipinski definition) is 2. The number of ether oxygens (including phenoxy) is 1. The first-order valence-electron chi connectivity index (χ1n) is 9.19. The lowest BCUT2D eigenvalue weighted by Crippen LogP contribution is -2.47. The summed E-state index contributed by atoms with van der Waals surface area (Å²) in [5.41, 5.74) is 0.733. The van der Waals surface area contributed by atoms with Gasteiger partial charge in [-0.25, -0.2) is 8.42 Å². The van der Waals surface area contributed by atoms with Crippen molar-refractivity contribution < 1.29 is 13.2 Å². The molecule has 0 atom stereocenters. The highest BCUT2D eigenvalue weighted by Crippen LogP contribution is 2.21. The zero-order valence-electron chi connectivity index (χ0n) is 16.4. The van der Waals surface area contributed by atoms with Crippen molar-refractivity contribution >= 4 is 16.0 Å². The van der Waals surface area contributed by atoms with Crippen LogP contribution < -0.4 is 10.6 Å². The van der Waals surface area contributed by atoms with E-state index >= 15 is 0 Å². The number of sulfonamides is 1. The minimum absolute atomic E-state index is 0.358. The molecule has 9 heteroatoms. The van der Waals surface area contributed by atoms with Crippen molar-refractivity contribution in [2.75, 3.05) is 60.5 Å². The van der Waals surface area contributed by atoms with E-state index < -0.39 is 10.0 Å². The molecule has 0 unspecified atom stereocenters. The first-order valence-corrected chi connectivity index (χ1v) is 10.6. The molecule has 1 aliphatic rings. The fourth-order valence-electron chi connectivity index (χ4n) is 2.89. The minimum Gasteiger partial charge on any atom is -0.385 e. The van der Waals surface area contributed by atoms with E-state index in [1.54, 1.807) is 30.6 Å². The molecular formula is C18H31N5O3S. The highest BCUT2D eigenvalue weighted by Gasteiger charge is 2.29. The molecule has 0 bridgehead atoms. The zero-order chi connectivity index (χ0) is 19.7. The van der Waals surface area contributed by atoms with Gasteiger partial charge in [-0.15, -0.1) is 0 Å². The molecule has 1 aromatic carbocycles. The lowest BCUT2D eigenvalue weighted by atomic mass is 10.2. The molecule has 0 saturated carbocycles. The number of benzene rings is 1. The van der Waals surface area contributed by atoms with E-state index in [1.165, 1.54) is 0 Å². The summed E-state index contributed by atoms with van der Waals surface area (Å²) < 4.78 is 32.8. The Hall–Kier alpha value is -1.68.